The molecule has 0 heterocycles. The van der Waals surface area contributed by atoms with Gasteiger partial charge in [-0.25, -0.2) is 0 Å². The molecule has 0 rings (SSSR count). The first-order valence-corrected chi connectivity index (χ1v) is 2.95. The van der Waals surface area contributed by atoms with Crippen molar-refractivity contribution in [2.24, 2.45) is 0 Å². The van der Waals surface area contributed by atoms with Gasteiger partial charge in [-0.05, 0) is 0 Å². The van der Waals surface area contributed by atoms with Crippen molar-refractivity contribution in [2.75, 3.05) is 13.6 Å². The van der Waals surface area contributed by atoms with Gasteiger partial charge in [-0.3, -0.25) is 4.79 Å². The summed E-state index contributed by atoms with van der Waals surface area (Å²) in [4.78, 5) is 21.7. The molecular weight excluding hydrogens is 157 g/mol. The monoisotopic (exact) mass is 167 g/mol. The smallest absolute Gasteiger partial charge is 0.550 e. The molecule has 0 spiro atoms. The van der Waals surface area contributed by atoms with Crippen LogP contribution in [0.5, 0.6) is 0 Å². The summed E-state index contributed by atoms with van der Waals surface area (Å²) in [5, 5.41) is 9.88. The second-order valence-corrected chi connectivity index (χ2v) is 2.06. The van der Waals surface area contributed by atoms with E-state index in [-0.39, 0.29) is 48.4 Å². The van der Waals surface area contributed by atoms with Gasteiger partial charge >= 0.3 is 29.6 Å². The summed E-state index contributed by atoms with van der Waals surface area (Å²) in [6, 6.07) is 0. The van der Waals surface area contributed by atoms with Crippen molar-refractivity contribution in [1.29, 1.82) is 0 Å². The fourth-order valence-electron chi connectivity index (χ4n) is 0.416. The van der Waals surface area contributed by atoms with Gasteiger partial charge in [0, 0.05) is 32.9 Å². The van der Waals surface area contributed by atoms with E-state index in [1.54, 1.807) is 7.05 Å². The predicted molar refractivity (Wildman–Crippen MR) is 32.9 cm³/mol. The van der Waals surface area contributed by atoms with E-state index in [0.29, 0.717) is 0 Å². The zero-order valence-electron chi connectivity index (χ0n) is 7.09. The molecule has 1 amide bonds. The molecule has 0 radical (unpaired) electrons. The van der Waals surface area contributed by atoms with E-state index in [1.165, 1.54) is 11.8 Å². The van der Waals surface area contributed by atoms with E-state index in [9.17, 15) is 14.7 Å². The molecule has 0 aliphatic rings. The minimum atomic E-state index is -1.13. The fraction of sp³-hybridized carbons (Fsp3) is 0.667. The Hall–Kier alpha value is -0.0600. The topological polar surface area (TPSA) is 60.4 Å². The van der Waals surface area contributed by atoms with Crippen molar-refractivity contribution in [3.05, 3.63) is 0 Å². The first-order valence-electron chi connectivity index (χ1n) is 2.95. The van der Waals surface area contributed by atoms with Gasteiger partial charge in [0.15, 0.2) is 0 Å². The largest absolute Gasteiger partial charge is 1.00 e. The van der Waals surface area contributed by atoms with Crippen LogP contribution in [0.25, 0.3) is 0 Å². The van der Waals surface area contributed by atoms with Gasteiger partial charge in [0.05, 0.1) is 0 Å². The molecule has 0 saturated carbocycles. The number of carboxylic acids is 1. The first-order chi connectivity index (χ1) is 4.54. The Balaban J connectivity index is 0. The molecule has 58 valence electrons. The van der Waals surface area contributed by atoms with Crippen LogP contribution < -0.4 is 34.7 Å². The summed E-state index contributed by atoms with van der Waals surface area (Å²) in [6.45, 7) is 1.60. The maximum atomic E-state index is 10.5. The Morgan fingerprint density at radius 3 is 2.18 bits per heavy atom. The quantitative estimate of drug-likeness (QED) is 0.399. The average molecular weight is 167 g/mol. The van der Waals surface area contributed by atoms with Crippen LogP contribution in [0.1, 0.15) is 13.3 Å². The summed E-state index contributed by atoms with van der Waals surface area (Å²) in [6.07, 6.45) is -0.101. The molecule has 0 bridgehead atoms. The molecular formula is C6H10NNaO3. The molecule has 0 N–H and O–H groups in total. The van der Waals surface area contributed by atoms with E-state index in [1.807, 2.05) is 0 Å². The third-order valence-corrected chi connectivity index (χ3v) is 1.19. The second kappa shape index (κ2) is 6.64. The summed E-state index contributed by atoms with van der Waals surface area (Å²) in [5.74, 6) is -1.27. The molecule has 0 atom stereocenters. The summed E-state index contributed by atoms with van der Waals surface area (Å²) in [5.41, 5.74) is 0. The molecule has 0 aromatic heterocycles. The third-order valence-electron chi connectivity index (χ3n) is 1.19. The third kappa shape index (κ3) is 7.84. The van der Waals surface area contributed by atoms with Gasteiger partial charge in [-0.1, -0.05) is 0 Å². The average Bonchev–Trinajstić information content (AvgIpc) is 1.82. The molecule has 11 heavy (non-hydrogen) atoms. The van der Waals surface area contributed by atoms with E-state index in [0.717, 1.165) is 0 Å². The van der Waals surface area contributed by atoms with Crippen molar-refractivity contribution in [3.63, 3.8) is 0 Å². The maximum Gasteiger partial charge on any atom is 1.00 e. The number of carbonyl (C=O) groups excluding carboxylic acids is 2. The van der Waals surface area contributed by atoms with Crippen LogP contribution in [0.3, 0.4) is 0 Å². The zero-order chi connectivity index (χ0) is 8.15. The Morgan fingerprint density at radius 2 is 1.91 bits per heavy atom. The normalized spacial score (nSPS) is 8.18. The Morgan fingerprint density at radius 1 is 1.45 bits per heavy atom. The van der Waals surface area contributed by atoms with Crippen molar-refractivity contribution in [2.45, 2.75) is 13.3 Å². The molecule has 5 heteroatoms. The van der Waals surface area contributed by atoms with E-state index in [4.69, 9.17) is 0 Å². The van der Waals surface area contributed by atoms with Gasteiger partial charge < -0.3 is 14.8 Å². The molecule has 0 fully saturated rings. The summed E-state index contributed by atoms with van der Waals surface area (Å²) in [7, 11) is 1.55. The van der Waals surface area contributed by atoms with Gasteiger partial charge in [0.2, 0.25) is 5.91 Å². The number of amides is 1. The van der Waals surface area contributed by atoms with Gasteiger partial charge in [0.1, 0.15) is 0 Å². The predicted octanol–water partition coefficient (Wildman–Crippen LogP) is -4.39. The number of nitrogens with zero attached hydrogens (tertiary/aromatic N) is 1. The van der Waals surface area contributed by atoms with E-state index < -0.39 is 5.97 Å². The Kier molecular flexibility index (Phi) is 8.16. The molecule has 0 saturated heterocycles. The van der Waals surface area contributed by atoms with Crippen molar-refractivity contribution >= 4 is 11.9 Å². The molecule has 4 nitrogen and oxygen atoms in total. The molecule has 0 aromatic rings. The van der Waals surface area contributed by atoms with Gasteiger partial charge in [-0.15, -0.1) is 0 Å². The maximum absolute atomic E-state index is 10.5. The first kappa shape index (κ1) is 13.5. The second-order valence-electron chi connectivity index (χ2n) is 2.06. The number of rotatable bonds is 3. The SMILES string of the molecule is CC(=O)N(C)CCC(=O)[O-].[Na+]. The number of aliphatic carboxylic acids is 1. The number of hydrogen-bond donors (Lipinski definition) is 0. The summed E-state index contributed by atoms with van der Waals surface area (Å²) < 4.78 is 0. The molecule has 0 aromatic carbocycles. The van der Waals surface area contributed by atoms with Gasteiger partial charge in [-0.2, -0.15) is 0 Å². The van der Waals surface area contributed by atoms with Crippen molar-refractivity contribution in [3.8, 4) is 0 Å². The van der Waals surface area contributed by atoms with Crippen molar-refractivity contribution < 1.29 is 44.3 Å². The van der Waals surface area contributed by atoms with E-state index >= 15 is 0 Å². The number of carbonyl (C=O) groups is 2. The Labute approximate surface area is 87.9 Å². The van der Waals surface area contributed by atoms with Crippen LogP contribution in [-0.4, -0.2) is 30.4 Å². The van der Waals surface area contributed by atoms with Crippen LogP contribution in [0.15, 0.2) is 0 Å². The minimum Gasteiger partial charge on any atom is -0.550 e. The van der Waals surface area contributed by atoms with Gasteiger partial charge in [0.25, 0.3) is 0 Å². The molecule has 0 aliphatic carbocycles. The van der Waals surface area contributed by atoms with E-state index in [2.05, 4.69) is 0 Å². The number of carboxylic acid groups (broad SMARTS) is 1. The van der Waals surface area contributed by atoms with Crippen molar-refractivity contribution in [1.82, 2.24) is 4.90 Å². The van der Waals surface area contributed by atoms with Crippen LogP contribution >= 0.6 is 0 Å². The van der Waals surface area contributed by atoms with Crippen LogP contribution in [0.2, 0.25) is 0 Å². The fourth-order valence-corrected chi connectivity index (χ4v) is 0.416. The molecule has 0 aliphatic heterocycles. The number of hydrogen-bond acceptors (Lipinski definition) is 3. The Bertz CT molecular complexity index is 149. The summed E-state index contributed by atoms with van der Waals surface area (Å²) >= 11 is 0. The van der Waals surface area contributed by atoms with Crippen LogP contribution in [-0.2, 0) is 9.59 Å². The zero-order valence-corrected chi connectivity index (χ0v) is 9.09. The minimum absolute atomic E-state index is 0. The standard InChI is InChI=1S/C6H11NO3.Na/c1-5(8)7(2)4-3-6(9)10;/h3-4H2,1-2H3,(H,9,10);/q;+1/p-1. The van der Waals surface area contributed by atoms with Crippen LogP contribution in [0, 0.1) is 0 Å². The van der Waals surface area contributed by atoms with Crippen LogP contribution in [0.4, 0.5) is 0 Å². The molecule has 0 unspecified atom stereocenters.